The highest BCUT2D eigenvalue weighted by Gasteiger charge is 2.21. The van der Waals surface area contributed by atoms with E-state index < -0.39 is 0 Å². The van der Waals surface area contributed by atoms with Crippen LogP contribution in [0.4, 0.5) is 0 Å². The molecule has 0 aliphatic heterocycles. The van der Waals surface area contributed by atoms with Gasteiger partial charge in [0.15, 0.2) is 0 Å². The molecule has 0 spiro atoms. The van der Waals surface area contributed by atoms with Crippen LogP contribution in [-0.4, -0.2) is 4.98 Å². The van der Waals surface area contributed by atoms with Gasteiger partial charge in [0.05, 0.1) is 10.7 Å². The zero-order valence-electron chi connectivity index (χ0n) is 8.98. The third kappa shape index (κ3) is 1.93. The molecule has 4 heteroatoms. The summed E-state index contributed by atoms with van der Waals surface area (Å²) in [6, 6.07) is 4.45. The van der Waals surface area contributed by atoms with E-state index in [0.29, 0.717) is 0 Å². The lowest BCUT2D eigenvalue weighted by molar-refractivity contribution is 0.562. The van der Waals surface area contributed by atoms with E-state index in [2.05, 4.69) is 17.5 Å². The molecule has 0 radical (unpaired) electrons. The van der Waals surface area contributed by atoms with Crippen molar-refractivity contribution < 1.29 is 0 Å². The SMILES string of the molecule is NC1CCCc2sc(Cc3cccs3)nc21. The van der Waals surface area contributed by atoms with Crippen LogP contribution in [0.1, 0.15) is 39.3 Å². The number of nitrogens with zero attached hydrogens (tertiary/aromatic N) is 1. The first-order chi connectivity index (χ1) is 7.83. The molecule has 0 saturated carbocycles. The van der Waals surface area contributed by atoms with Gasteiger partial charge >= 0.3 is 0 Å². The lowest BCUT2D eigenvalue weighted by Crippen LogP contribution is -2.16. The molecular weight excluding hydrogens is 236 g/mol. The lowest BCUT2D eigenvalue weighted by atomic mass is 9.99. The Morgan fingerprint density at radius 3 is 3.19 bits per heavy atom. The maximum absolute atomic E-state index is 6.08. The van der Waals surface area contributed by atoms with Crippen LogP contribution in [0.5, 0.6) is 0 Å². The van der Waals surface area contributed by atoms with Crippen molar-refractivity contribution in [3.05, 3.63) is 38.0 Å². The Balaban J connectivity index is 1.87. The van der Waals surface area contributed by atoms with Crippen LogP contribution >= 0.6 is 22.7 Å². The van der Waals surface area contributed by atoms with Gasteiger partial charge in [0.25, 0.3) is 0 Å². The van der Waals surface area contributed by atoms with Crippen molar-refractivity contribution in [2.45, 2.75) is 31.7 Å². The second-order valence-electron chi connectivity index (χ2n) is 4.17. The fourth-order valence-corrected chi connectivity index (χ4v) is 4.14. The fraction of sp³-hybridized carbons (Fsp3) is 0.417. The first-order valence-corrected chi connectivity index (χ1v) is 7.29. The van der Waals surface area contributed by atoms with Gasteiger partial charge in [0, 0.05) is 22.2 Å². The third-order valence-electron chi connectivity index (χ3n) is 2.95. The second-order valence-corrected chi connectivity index (χ2v) is 6.37. The van der Waals surface area contributed by atoms with Gasteiger partial charge in [-0.15, -0.1) is 22.7 Å². The number of aryl methyl sites for hydroxylation is 1. The molecule has 2 N–H and O–H groups in total. The van der Waals surface area contributed by atoms with E-state index in [0.717, 1.165) is 12.8 Å². The third-order valence-corrected chi connectivity index (χ3v) is 4.95. The number of hydrogen-bond donors (Lipinski definition) is 1. The average Bonchev–Trinajstić information content (AvgIpc) is 2.88. The Hall–Kier alpha value is -0.710. The summed E-state index contributed by atoms with van der Waals surface area (Å²) in [5, 5.41) is 3.35. The number of rotatable bonds is 2. The van der Waals surface area contributed by atoms with Crippen molar-refractivity contribution in [1.82, 2.24) is 4.98 Å². The standard InChI is InChI=1S/C12H14N2S2/c13-9-4-1-5-10-12(9)14-11(16-10)7-8-3-2-6-15-8/h2-3,6,9H,1,4-5,7,13H2. The minimum absolute atomic E-state index is 0.178. The molecule has 2 nitrogen and oxygen atoms in total. The number of hydrogen-bond acceptors (Lipinski definition) is 4. The predicted octanol–water partition coefficient (Wildman–Crippen LogP) is 3.13. The smallest absolute Gasteiger partial charge is 0.0983 e. The zero-order chi connectivity index (χ0) is 11.0. The van der Waals surface area contributed by atoms with Crippen LogP contribution in [-0.2, 0) is 12.8 Å². The van der Waals surface area contributed by atoms with Crippen molar-refractivity contribution >= 4 is 22.7 Å². The van der Waals surface area contributed by atoms with E-state index in [4.69, 9.17) is 10.7 Å². The van der Waals surface area contributed by atoms with Crippen molar-refractivity contribution in [3.8, 4) is 0 Å². The van der Waals surface area contributed by atoms with E-state index in [1.807, 2.05) is 11.3 Å². The topological polar surface area (TPSA) is 38.9 Å². The molecule has 1 aliphatic carbocycles. The molecule has 0 bridgehead atoms. The van der Waals surface area contributed by atoms with Crippen LogP contribution in [0.25, 0.3) is 0 Å². The van der Waals surface area contributed by atoms with E-state index in [1.54, 1.807) is 11.3 Å². The highest BCUT2D eigenvalue weighted by molar-refractivity contribution is 7.12. The van der Waals surface area contributed by atoms with E-state index >= 15 is 0 Å². The second kappa shape index (κ2) is 4.28. The van der Waals surface area contributed by atoms with Gasteiger partial charge in [-0.1, -0.05) is 6.07 Å². The Labute approximate surface area is 103 Å². The number of fused-ring (bicyclic) bond motifs is 1. The van der Waals surface area contributed by atoms with E-state index in [-0.39, 0.29) is 6.04 Å². The first-order valence-electron chi connectivity index (χ1n) is 5.59. The largest absolute Gasteiger partial charge is 0.323 e. The van der Waals surface area contributed by atoms with Gasteiger partial charge < -0.3 is 5.73 Å². The zero-order valence-corrected chi connectivity index (χ0v) is 10.6. The normalized spacial score (nSPS) is 19.7. The summed E-state index contributed by atoms with van der Waals surface area (Å²) in [6.45, 7) is 0. The summed E-state index contributed by atoms with van der Waals surface area (Å²) < 4.78 is 0. The summed E-state index contributed by atoms with van der Waals surface area (Å²) in [6.07, 6.45) is 4.46. The molecule has 0 aromatic carbocycles. The number of aromatic nitrogens is 1. The van der Waals surface area contributed by atoms with Crippen molar-refractivity contribution in [2.24, 2.45) is 5.73 Å². The van der Waals surface area contributed by atoms with E-state index in [9.17, 15) is 0 Å². The molecule has 2 heterocycles. The molecule has 2 aromatic rings. The molecular formula is C12H14N2S2. The molecule has 0 amide bonds. The van der Waals surface area contributed by atoms with Gasteiger partial charge in [-0.3, -0.25) is 0 Å². The molecule has 0 saturated heterocycles. The van der Waals surface area contributed by atoms with Crippen LogP contribution in [0.15, 0.2) is 17.5 Å². The summed E-state index contributed by atoms with van der Waals surface area (Å²) in [5.41, 5.74) is 7.25. The lowest BCUT2D eigenvalue weighted by Gasteiger charge is -2.15. The van der Waals surface area contributed by atoms with Gasteiger partial charge in [0.2, 0.25) is 0 Å². The Morgan fingerprint density at radius 2 is 2.44 bits per heavy atom. The predicted molar refractivity (Wildman–Crippen MR) is 69.1 cm³/mol. The molecule has 3 rings (SSSR count). The molecule has 2 aromatic heterocycles. The Kier molecular flexibility index (Phi) is 2.79. The maximum atomic E-state index is 6.08. The van der Waals surface area contributed by atoms with Gasteiger partial charge in [-0.05, 0) is 30.7 Å². The van der Waals surface area contributed by atoms with Crippen molar-refractivity contribution in [1.29, 1.82) is 0 Å². The molecule has 16 heavy (non-hydrogen) atoms. The summed E-state index contributed by atoms with van der Waals surface area (Å²) in [4.78, 5) is 7.52. The number of thiazole rings is 1. The van der Waals surface area contributed by atoms with Crippen molar-refractivity contribution in [3.63, 3.8) is 0 Å². The Bertz CT molecular complexity index is 473. The minimum atomic E-state index is 0.178. The minimum Gasteiger partial charge on any atom is -0.323 e. The number of nitrogens with two attached hydrogens (primary N) is 1. The van der Waals surface area contributed by atoms with Gasteiger partial charge in [0.1, 0.15) is 0 Å². The highest BCUT2D eigenvalue weighted by atomic mass is 32.1. The average molecular weight is 250 g/mol. The maximum Gasteiger partial charge on any atom is 0.0983 e. The van der Waals surface area contributed by atoms with Gasteiger partial charge in [-0.25, -0.2) is 4.98 Å². The van der Waals surface area contributed by atoms with Crippen molar-refractivity contribution in [2.75, 3.05) is 0 Å². The number of thiophene rings is 1. The van der Waals surface area contributed by atoms with Gasteiger partial charge in [-0.2, -0.15) is 0 Å². The highest BCUT2D eigenvalue weighted by Crippen LogP contribution is 2.32. The molecule has 1 aliphatic rings. The fourth-order valence-electron chi connectivity index (χ4n) is 2.14. The summed E-state index contributed by atoms with van der Waals surface area (Å²) in [7, 11) is 0. The van der Waals surface area contributed by atoms with E-state index in [1.165, 1.54) is 33.3 Å². The van der Waals surface area contributed by atoms with Crippen LogP contribution in [0.2, 0.25) is 0 Å². The first kappa shape index (κ1) is 10.4. The van der Waals surface area contributed by atoms with Crippen LogP contribution in [0, 0.1) is 0 Å². The monoisotopic (exact) mass is 250 g/mol. The summed E-state index contributed by atoms with van der Waals surface area (Å²) in [5.74, 6) is 0. The molecule has 84 valence electrons. The summed E-state index contributed by atoms with van der Waals surface area (Å²) >= 11 is 3.65. The van der Waals surface area contributed by atoms with Crippen LogP contribution < -0.4 is 5.73 Å². The molecule has 1 unspecified atom stereocenters. The quantitative estimate of drug-likeness (QED) is 0.889. The molecule has 1 atom stereocenters. The molecule has 0 fully saturated rings. The van der Waals surface area contributed by atoms with Crippen LogP contribution in [0.3, 0.4) is 0 Å². The Morgan fingerprint density at radius 1 is 1.50 bits per heavy atom.